The molecule has 2 heterocycles. The number of anilines is 2. The van der Waals surface area contributed by atoms with E-state index in [4.69, 9.17) is 9.83 Å². The van der Waals surface area contributed by atoms with E-state index in [1.807, 2.05) is 49.7 Å². The number of nitrogens with one attached hydrogen (secondary N) is 3. The normalized spacial score (nSPS) is 16.4. The molecule has 2 fully saturated rings. The van der Waals surface area contributed by atoms with Gasteiger partial charge in [0.1, 0.15) is 22.9 Å². The summed E-state index contributed by atoms with van der Waals surface area (Å²) in [5.74, 6) is 0.0752. The summed E-state index contributed by atoms with van der Waals surface area (Å²) in [5, 5.41) is 15.7. The van der Waals surface area contributed by atoms with E-state index in [-0.39, 0.29) is 29.3 Å². The second-order valence-corrected chi connectivity index (χ2v) is 12.7. The van der Waals surface area contributed by atoms with Crippen molar-refractivity contribution in [2.45, 2.75) is 31.6 Å². The molecule has 4 aromatic rings. The summed E-state index contributed by atoms with van der Waals surface area (Å²) < 4.78 is 22.1. The SMILES string of the molecule is CNC(=O)c1c(-c2ccc(F)cc2)oc2cc(N(C)SC)c([C@H]3CCCN(C(=O)C(=N)c4ccccc4NCC4CC4)C3)cc12. The predicted molar refractivity (Wildman–Crippen MR) is 180 cm³/mol. The smallest absolute Gasteiger partial charge is 0.272 e. The molecule has 1 atom stereocenters. The van der Waals surface area contributed by atoms with Gasteiger partial charge in [-0.25, -0.2) is 4.39 Å². The zero-order valence-electron chi connectivity index (χ0n) is 25.8. The van der Waals surface area contributed by atoms with Crippen molar-refractivity contribution in [3.05, 3.63) is 83.2 Å². The van der Waals surface area contributed by atoms with Crippen molar-refractivity contribution in [1.82, 2.24) is 10.2 Å². The van der Waals surface area contributed by atoms with Crippen molar-refractivity contribution in [1.29, 1.82) is 5.41 Å². The molecule has 1 aromatic heterocycles. The van der Waals surface area contributed by atoms with Crippen LogP contribution >= 0.6 is 11.9 Å². The highest BCUT2D eigenvalue weighted by molar-refractivity contribution is 7.99. The largest absolute Gasteiger partial charge is 0.455 e. The number of fused-ring (bicyclic) bond motifs is 1. The number of carbonyl (C=O) groups excluding carboxylic acids is 2. The minimum Gasteiger partial charge on any atom is -0.455 e. The first-order valence-electron chi connectivity index (χ1n) is 15.4. The molecule has 0 bridgehead atoms. The maximum Gasteiger partial charge on any atom is 0.272 e. The topological polar surface area (TPSA) is 102 Å². The van der Waals surface area contributed by atoms with E-state index in [1.165, 1.54) is 25.0 Å². The van der Waals surface area contributed by atoms with Crippen LogP contribution in [-0.2, 0) is 4.79 Å². The summed E-state index contributed by atoms with van der Waals surface area (Å²) in [5.41, 5.74) is 4.92. The molecule has 0 spiro atoms. The summed E-state index contributed by atoms with van der Waals surface area (Å²) >= 11 is 1.56. The Bertz CT molecular complexity index is 1750. The van der Waals surface area contributed by atoms with E-state index in [0.717, 1.165) is 36.3 Å². The van der Waals surface area contributed by atoms with Gasteiger partial charge in [0.05, 0.1) is 11.3 Å². The Balaban J connectivity index is 1.35. The molecule has 1 aliphatic heterocycles. The Labute approximate surface area is 267 Å². The fourth-order valence-electron chi connectivity index (χ4n) is 6.12. The first kappa shape index (κ1) is 30.7. The van der Waals surface area contributed by atoms with E-state index in [9.17, 15) is 14.0 Å². The Morgan fingerprint density at radius 3 is 2.58 bits per heavy atom. The first-order valence-corrected chi connectivity index (χ1v) is 16.5. The van der Waals surface area contributed by atoms with Crippen LogP contribution in [0.4, 0.5) is 15.8 Å². The highest BCUT2D eigenvalue weighted by atomic mass is 32.2. The van der Waals surface area contributed by atoms with Crippen molar-refractivity contribution in [2.75, 3.05) is 49.6 Å². The molecule has 1 saturated heterocycles. The van der Waals surface area contributed by atoms with E-state index < -0.39 is 0 Å². The van der Waals surface area contributed by atoms with Crippen molar-refractivity contribution in [3.63, 3.8) is 0 Å². The van der Waals surface area contributed by atoms with Crippen molar-refractivity contribution >= 4 is 51.8 Å². The number of furan rings is 1. The number of piperidine rings is 1. The van der Waals surface area contributed by atoms with Crippen molar-refractivity contribution < 1.29 is 18.4 Å². The van der Waals surface area contributed by atoms with E-state index >= 15 is 0 Å². The Morgan fingerprint density at radius 2 is 1.87 bits per heavy atom. The monoisotopic (exact) mass is 627 g/mol. The quantitative estimate of drug-likeness (QED) is 0.131. The van der Waals surface area contributed by atoms with Crippen LogP contribution in [0.1, 0.15) is 53.1 Å². The molecule has 1 aliphatic carbocycles. The number of hydrogen-bond acceptors (Lipinski definition) is 7. The number of amides is 2. The van der Waals surface area contributed by atoms with E-state index in [2.05, 4.69) is 14.9 Å². The molecular formula is C35H38FN5O3S. The van der Waals surface area contributed by atoms with Crippen LogP contribution in [0.5, 0.6) is 0 Å². The van der Waals surface area contributed by atoms with Gasteiger partial charge in [-0.1, -0.05) is 30.1 Å². The fourth-order valence-corrected chi connectivity index (χ4v) is 6.48. The molecule has 234 valence electrons. The van der Waals surface area contributed by atoms with Crippen LogP contribution in [0.25, 0.3) is 22.3 Å². The lowest BCUT2D eigenvalue weighted by Crippen LogP contribution is -2.43. The Kier molecular flexibility index (Phi) is 8.85. The summed E-state index contributed by atoms with van der Waals surface area (Å²) in [6, 6.07) is 17.4. The van der Waals surface area contributed by atoms with Crippen LogP contribution in [0.3, 0.4) is 0 Å². The lowest BCUT2D eigenvalue weighted by molar-refractivity contribution is -0.125. The molecule has 8 nitrogen and oxygen atoms in total. The summed E-state index contributed by atoms with van der Waals surface area (Å²) in [7, 11) is 3.55. The molecule has 1 saturated carbocycles. The molecule has 3 aromatic carbocycles. The molecule has 45 heavy (non-hydrogen) atoms. The van der Waals surface area contributed by atoms with Gasteiger partial charge >= 0.3 is 0 Å². The lowest BCUT2D eigenvalue weighted by Gasteiger charge is -2.35. The molecule has 0 radical (unpaired) electrons. The number of carbonyl (C=O) groups is 2. The zero-order valence-corrected chi connectivity index (χ0v) is 26.6. The summed E-state index contributed by atoms with van der Waals surface area (Å²) in [4.78, 5) is 28.8. The minimum atomic E-state index is -0.370. The summed E-state index contributed by atoms with van der Waals surface area (Å²) in [6.45, 7) is 1.89. The maximum atomic E-state index is 13.8. The van der Waals surface area contributed by atoms with Gasteiger partial charge < -0.3 is 24.3 Å². The number of benzene rings is 3. The van der Waals surface area contributed by atoms with Gasteiger partial charge in [-0.15, -0.1) is 0 Å². The van der Waals surface area contributed by atoms with Crippen LogP contribution in [-0.4, -0.2) is 62.4 Å². The third kappa shape index (κ3) is 6.29. The van der Waals surface area contributed by atoms with Gasteiger partial charge in [0, 0.05) is 74.2 Å². The average molecular weight is 628 g/mol. The maximum absolute atomic E-state index is 13.8. The lowest BCUT2D eigenvalue weighted by atomic mass is 9.87. The van der Waals surface area contributed by atoms with Crippen LogP contribution < -0.4 is 14.9 Å². The second kappa shape index (κ2) is 13.0. The van der Waals surface area contributed by atoms with Gasteiger partial charge in [-0.2, -0.15) is 0 Å². The first-order chi connectivity index (χ1) is 21.8. The van der Waals surface area contributed by atoms with Crippen molar-refractivity contribution in [3.8, 4) is 11.3 Å². The molecular weight excluding hydrogens is 589 g/mol. The van der Waals surface area contributed by atoms with Crippen molar-refractivity contribution in [2.24, 2.45) is 5.92 Å². The van der Waals surface area contributed by atoms with Gasteiger partial charge in [-0.05, 0) is 73.6 Å². The van der Waals surface area contributed by atoms with Gasteiger partial charge in [0.25, 0.3) is 11.8 Å². The fraction of sp³-hybridized carbons (Fsp3) is 0.343. The number of rotatable bonds is 10. The predicted octanol–water partition coefficient (Wildman–Crippen LogP) is 6.91. The highest BCUT2D eigenvalue weighted by Gasteiger charge is 2.32. The Hall–Kier alpha value is -4.31. The van der Waals surface area contributed by atoms with Gasteiger partial charge in [0.2, 0.25) is 0 Å². The number of hydrogen-bond donors (Lipinski definition) is 3. The third-order valence-corrected chi connectivity index (χ3v) is 9.59. The standard InChI is InChI=1S/C35H38FN5O3S/c1-38-34(42)31-27-17-26(29(40(2)45-3)18-30(27)44-33(31)22-12-14-24(36)15-13-22)23-7-6-16-41(20-23)35(43)32(37)25-8-4-5-9-28(25)39-19-21-10-11-21/h4-5,8-9,12-15,17-18,21,23,37,39H,6-7,10-11,16,19-20H2,1-3H3,(H,38,42)/t23-/m0/s1. The van der Waals surface area contributed by atoms with Gasteiger partial charge in [-0.3, -0.25) is 15.0 Å². The Morgan fingerprint density at radius 1 is 1.11 bits per heavy atom. The van der Waals surface area contributed by atoms with E-state index in [0.29, 0.717) is 52.4 Å². The van der Waals surface area contributed by atoms with E-state index in [1.54, 1.807) is 36.0 Å². The number of halogens is 1. The highest BCUT2D eigenvalue weighted by Crippen LogP contribution is 2.42. The third-order valence-electron chi connectivity index (χ3n) is 8.85. The van der Waals surface area contributed by atoms with Crippen LogP contribution in [0, 0.1) is 17.1 Å². The zero-order chi connectivity index (χ0) is 31.7. The number of para-hydroxylation sites is 1. The molecule has 2 amide bonds. The number of nitrogens with zero attached hydrogens (tertiary/aromatic N) is 2. The van der Waals surface area contributed by atoms with Crippen LogP contribution in [0.2, 0.25) is 0 Å². The molecule has 6 rings (SSSR count). The minimum absolute atomic E-state index is 0.00729. The van der Waals surface area contributed by atoms with Gasteiger partial charge in [0.15, 0.2) is 0 Å². The molecule has 0 unspecified atom stereocenters. The molecule has 3 N–H and O–H groups in total. The molecule has 2 aliphatic rings. The molecule has 10 heteroatoms. The van der Waals surface area contributed by atoms with Crippen LogP contribution in [0.15, 0.2) is 65.1 Å². The second-order valence-electron chi connectivity index (χ2n) is 11.8. The average Bonchev–Trinajstić information content (AvgIpc) is 3.84. The summed E-state index contributed by atoms with van der Waals surface area (Å²) in [6.07, 6.45) is 6.08. The number of likely N-dealkylation sites (tertiary alicyclic amines) is 1.